The van der Waals surface area contributed by atoms with Crippen LogP contribution in [0.25, 0.3) is 0 Å². The highest BCUT2D eigenvalue weighted by Gasteiger charge is 2.42. The van der Waals surface area contributed by atoms with Crippen LogP contribution in [0.1, 0.15) is 6.42 Å². The molecule has 0 aromatic carbocycles. The van der Waals surface area contributed by atoms with Gasteiger partial charge in [-0.15, -0.1) is 0 Å². The molecule has 2 rings (SSSR count). The third kappa shape index (κ3) is 1.29. The molecule has 2 atom stereocenters. The highest BCUT2D eigenvalue weighted by molar-refractivity contribution is 8.00. The second-order valence-electron chi connectivity index (χ2n) is 3.18. The molecule has 0 amide bonds. The summed E-state index contributed by atoms with van der Waals surface area (Å²) in [5, 5.41) is 0.578. The van der Waals surface area contributed by atoms with Crippen LogP contribution in [0.3, 0.4) is 0 Å². The summed E-state index contributed by atoms with van der Waals surface area (Å²) in [6, 6.07) is 0.306. The van der Waals surface area contributed by atoms with E-state index < -0.39 is 10.0 Å². The second-order valence-corrected chi connectivity index (χ2v) is 6.45. The molecule has 2 heterocycles. The lowest BCUT2D eigenvalue weighted by Crippen LogP contribution is -2.38. The molecule has 2 bridgehead atoms. The molecule has 2 fully saturated rings. The maximum Gasteiger partial charge on any atom is 0.211 e. The largest absolute Gasteiger partial charge is 0.212 e. The summed E-state index contributed by atoms with van der Waals surface area (Å²) in [7, 11) is -2.91. The van der Waals surface area contributed by atoms with Crippen LogP contribution in [-0.4, -0.2) is 42.6 Å². The first-order chi connectivity index (χ1) is 5.07. The Balaban J connectivity index is 2.21. The van der Waals surface area contributed by atoms with Gasteiger partial charge < -0.3 is 0 Å². The van der Waals surface area contributed by atoms with Crippen molar-refractivity contribution in [2.24, 2.45) is 0 Å². The van der Waals surface area contributed by atoms with Crippen LogP contribution >= 0.6 is 11.8 Å². The van der Waals surface area contributed by atoms with Crippen molar-refractivity contribution >= 4 is 21.8 Å². The number of hydrogen-bond acceptors (Lipinski definition) is 3. The van der Waals surface area contributed by atoms with Gasteiger partial charge in [-0.25, -0.2) is 8.42 Å². The molecular formula is C6H11NO2S2. The summed E-state index contributed by atoms with van der Waals surface area (Å²) in [6.07, 6.45) is 2.37. The summed E-state index contributed by atoms with van der Waals surface area (Å²) in [4.78, 5) is 0. The minimum absolute atomic E-state index is 0.306. The van der Waals surface area contributed by atoms with Crippen LogP contribution < -0.4 is 0 Å². The van der Waals surface area contributed by atoms with Crippen LogP contribution in [-0.2, 0) is 10.0 Å². The van der Waals surface area contributed by atoms with Gasteiger partial charge in [0.05, 0.1) is 6.26 Å². The Hall–Kier alpha value is 0.260. The topological polar surface area (TPSA) is 37.4 Å². The van der Waals surface area contributed by atoms with Gasteiger partial charge in [0, 0.05) is 23.6 Å². The average molecular weight is 193 g/mol. The molecule has 2 aliphatic heterocycles. The molecule has 11 heavy (non-hydrogen) atoms. The van der Waals surface area contributed by atoms with Crippen LogP contribution in [0.15, 0.2) is 0 Å². The lowest BCUT2D eigenvalue weighted by atomic mass is 10.3. The van der Waals surface area contributed by atoms with Gasteiger partial charge >= 0.3 is 0 Å². The number of rotatable bonds is 1. The van der Waals surface area contributed by atoms with E-state index in [1.165, 1.54) is 6.26 Å². The number of hydrogen-bond donors (Lipinski definition) is 0. The molecule has 5 heteroatoms. The Bertz CT molecular complexity index is 262. The Morgan fingerprint density at radius 3 is 2.55 bits per heavy atom. The molecule has 3 nitrogen and oxygen atoms in total. The molecule has 0 aromatic heterocycles. The molecule has 0 aliphatic carbocycles. The molecule has 64 valence electrons. The number of fused-ring (bicyclic) bond motifs is 2. The second kappa shape index (κ2) is 2.37. The first-order valence-corrected chi connectivity index (χ1v) is 6.55. The van der Waals surface area contributed by atoms with Gasteiger partial charge in [0.1, 0.15) is 0 Å². The monoisotopic (exact) mass is 193 g/mol. The van der Waals surface area contributed by atoms with Crippen molar-refractivity contribution in [3.05, 3.63) is 0 Å². The van der Waals surface area contributed by atoms with E-state index in [2.05, 4.69) is 0 Å². The maximum absolute atomic E-state index is 11.1. The van der Waals surface area contributed by atoms with Crippen LogP contribution in [0, 0.1) is 0 Å². The quantitative estimate of drug-likeness (QED) is 0.594. The third-order valence-electron chi connectivity index (χ3n) is 2.28. The molecule has 0 saturated carbocycles. The van der Waals surface area contributed by atoms with E-state index in [-0.39, 0.29) is 0 Å². The minimum atomic E-state index is -2.91. The van der Waals surface area contributed by atoms with Gasteiger partial charge in [0.15, 0.2) is 0 Å². The Labute approximate surface area is 71.2 Å². The van der Waals surface area contributed by atoms with Crippen LogP contribution in [0.5, 0.6) is 0 Å². The van der Waals surface area contributed by atoms with Crippen LogP contribution in [0.2, 0.25) is 0 Å². The van der Waals surface area contributed by atoms with Gasteiger partial charge in [-0.1, -0.05) is 0 Å². The normalized spacial score (nSPS) is 38.3. The van der Waals surface area contributed by atoms with E-state index in [1.54, 1.807) is 4.31 Å². The third-order valence-corrected chi connectivity index (χ3v) is 4.97. The molecule has 2 aliphatic rings. The standard InChI is InChI=1S/C6H11NO2S2/c1-11(8,9)7-3-6-2-5(7)4-10-6/h5-6H,2-4H2,1H3/t5-,6+/m0/s1. The van der Waals surface area contributed by atoms with Crippen molar-refractivity contribution in [1.82, 2.24) is 4.31 Å². The van der Waals surface area contributed by atoms with E-state index in [4.69, 9.17) is 0 Å². The predicted molar refractivity (Wildman–Crippen MR) is 46.2 cm³/mol. The zero-order valence-corrected chi connectivity index (χ0v) is 7.99. The van der Waals surface area contributed by atoms with E-state index in [0.29, 0.717) is 11.3 Å². The molecular weight excluding hydrogens is 182 g/mol. The highest BCUT2D eigenvalue weighted by atomic mass is 32.2. The smallest absolute Gasteiger partial charge is 0.211 e. The van der Waals surface area contributed by atoms with Crippen molar-refractivity contribution in [3.63, 3.8) is 0 Å². The van der Waals surface area contributed by atoms with Gasteiger partial charge in [-0.3, -0.25) is 0 Å². The highest BCUT2D eigenvalue weighted by Crippen LogP contribution is 2.38. The molecule has 0 spiro atoms. The fourth-order valence-corrected chi connectivity index (χ4v) is 4.55. The Kier molecular flexibility index (Phi) is 1.70. The number of thioether (sulfide) groups is 1. The molecule has 0 N–H and O–H groups in total. The summed E-state index contributed by atoms with van der Waals surface area (Å²) < 4.78 is 23.9. The zero-order valence-electron chi connectivity index (χ0n) is 6.36. The molecule has 0 radical (unpaired) electrons. The van der Waals surface area contributed by atoms with Crippen molar-refractivity contribution in [2.45, 2.75) is 17.7 Å². The lowest BCUT2D eigenvalue weighted by molar-refractivity contribution is 0.414. The molecule has 0 unspecified atom stereocenters. The Morgan fingerprint density at radius 1 is 1.55 bits per heavy atom. The van der Waals surface area contributed by atoms with Gasteiger partial charge in [0.25, 0.3) is 0 Å². The predicted octanol–water partition coefficient (Wildman–Crippen LogP) is 0.136. The molecule has 2 saturated heterocycles. The van der Waals surface area contributed by atoms with Gasteiger partial charge in [-0.05, 0) is 6.42 Å². The summed E-state index contributed by atoms with van der Waals surface area (Å²) in [6.45, 7) is 0.744. The minimum Gasteiger partial charge on any atom is -0.212 e. The summed E-state index contributed by atoms with van der Waals surface area (Å²) in [5.41, 5.74) is 0. The average Bonchev–Trinajstić information content (AvgIpc) is 2.42. The lowest BCUT2D eigenvalue weighted by Gasteiger charge is -2.23. The maximum atomic E-state index is 11.1. The molecule has 0 aromatic rings. The first kappa shape index (κ1) is 7.89. The summed E-state index contributed by atoms with van der Waals surface area (Å²) >= 11 is 1.91. The van der Waals surface area contributed by atoms with Gasteiger partial charge in [0.2, 0.25) is 10.0 Å². The fourth-order valence-electron chi connectivity index (χ4n) is 1.77. The van der Waals surface area contributed by atoms with E-state index in [1.807, 2.05) is 11.8 Å². The Morgan fingerprint density at radius 2 is 2.27 bits per heavy atom. The van der Waals surface area contributed by atoms with E-state index in [0.717, 1.165) is 18.7 Å². The van der Waals surface area contributed by atoms with Crippen molar-refractivity contribution in [2.75, 3.05) is 18.6 Å². The van der Waals surface area contributed by atoms with Crippen molar-refractivity contribution < 1.29 is 8.42 Å². The van der Waals surface area contributed by atoms with E-state index in [9.17, 15) is 8.42 Å². The summed E-state index contributed by atoms with van der Waals surface area (Å²) in [5.74, 6) is 0.998. The first-order valence-electron chi connectivity index (χ1n) is 3.66. The van der Waals surface area contributed by atoms with E-state index >= 15 is 0 Å². The SMILES string of the molecule is CS(=O)(=O)N1C[C@H]2C[C@H]1CS2. The van der Waals surface area contributed by atoms with Gasteiger partial charge in [-0.2, -0.15) is 16.1 Å². The number of sulfonamides is 1. The zero-order chi connectivity index (χ0) is 8.06. The fraction of sp³-hybridized carbons (Fsp3) is 1.00. The van der Waals surface area contributed by atoms with Crippen LogP contribution in [0.4, 0.5) is 0 Å². The van der Waals surface area contributed by atoms with Crippen molar-refractivity contribution in [1.29, 1.82) is 0 Å². The number of nitrogens with zero attached hydrogens (tertiary/aromatic N) is 1. The van der Waals surface area contributed by atoms with Crippen molar-refractivity contribution in [3.8, 4) is 0 Å².